The molecule has 3 heteroatoms. The first-order valence-electron chi connectivity index (χ1n) is 6.35. The van der Waals surface area contributed by atoms with Crippen molar-refractivity contribution in [3.8, 4) is 0 Å². The van der Waals surface area contributed by atoms with E-state index in [1.165, 1.54) is 37.9 Å². The lowest BCUT2D eigenvalue weighted by Crippen LogP contribution is -2.29. The van der Waals surface area contributed by atoms with Crippen LogP contribution in [0, 0.1) is 17.8 Å². The van der Waals surface area contributed by atoms with Crippen LogP contribution in [-0.2, 0) is 9.63 Å². The first-order chi connectivity index (χ1) is 7.54. The van der Waals surface area contributed by atoms with Gasteiger partial charge in [-0.2, -0.15) is 0 Å². The minimum atomic E-state index is 0.107. The van der Waals surface area contributed by atoms with Gasteiger partial charge in [0.2, 0.25) is 5.91 Å². The number of rotatable bonds is 4. The third-order valence-electron chi connectivity index (χ3n) is 3.92. The molecule has 1 fully saturated rings. The molecule has 0 atom stereocenters. The molecule has 0 bridgehead atoms. The van der Waals surface area contributed by atoms with Gasteiger partial charge >= 0.3 is 0 Å². The van der Waals surface area contributed by atoms with Gasteiger partial charge in [-0.15, -0.1) is 0 Å². The summed E-state index contributed by atoms with van der Waals surface area (Å²) in [5.41, 5.74) is 0. The molecule has 0 spiro atoms. The zero-order valence-electron chi connectivity index (χ0n) is 11.0. The standard InChI is InChI=1S/C13H25NO2/c1-10(2)12-7-5-11(6-8-12)9-13(15)14(3)16-4/h10-12H,5-9H2,1-4H3. The Bertz CT molecular complexity index is 220. The summed E-state index contributed by atoms with van der Waals surface area (Å²) in [4.78, 5) is 16.6. The Kier molecular flexibility index (Phi) is 5.26. The lowest BCUT2D eigenvalue weighted by molar-refractivity contribution is -0.170. The summed E-state index contributed by atoms with van der Waals surface area (Å²) >= 11 is 0. The molecule has 0 aromatic rings. The van der Waals surface area contributed by atoms with Crippen LogP contribution in [0.5, 0.6) is 0 Å². The molecule has 0 aromatic carbocycles. The maximum Gasteiger partial charge on any atom is 0.246 e. The Morgan fingerprint density at radius 3 is 2.31 bits per heavy atom. The molecular formula is C13H25NO2. The van der Waals surface area contributed by atoms with Crippen LogP contribution in [0.15, 0.2) is 0 Å². The highest BCUT2D eigenvalue weighted by molar-refractivity contribution is 5.75. The van der Waals surface area contributed by atoms with E-state index in [1.807, 2.05) is 0 Å². The van der Waals surface area contributed by atoms with Crippen molar-refractivity contribution in [3.05, 3.63) is 0 Å². The molecule has 0 radical (unpaired) electrons. The average molecular weight is 227 g/mol. The van der Waals surface area contributed by atoms with Crippen LogP contribution in [0.1, 0.15) is 46.0 Å². The predicted molar refractivity (Wildman–Crippen MR) is 64.7 cm³/mol. The summed E-state index contributed by atoms with van der Waals surface area (Å²) in [5, 5.41) is 1.34. The van der Waals surface area contributed by atoms with Crippen LogP contribution in [0.25, 0.3) is 0 Å². The van der Waals surface area contributed by atoms with Crippen molar-refractivity contribution in [2.45, 2.75) is 46.0 Å². The van der Waals surface area contributed by atoms with Crippen LogP contribution >= 0.6 is 0 Å². The van der Waals surface area contributed by atoms with E-state index >= 15 is 0 Å². The molecule has 1 aliphatic rings. The molecule has 1 saturated carbocycles. The quantitative estimate of drug-likeness (QED) is 0.691. The summed E-state index contributed by atoms with van der Waals surface area (Å²) < 4.78 is 0. The van der Waals surface area contributed by atoms with Crippen molar-refractivity contribution < 1.29 is 9.63 Å². The molecule has 1 aliphatic carbocycles. The molecule has 0 aliphatic heterocycles. The Morgan fingerprint density at radius 1 is 1.31 bits per heavy atom. The molecule has 0 unspecified atom stereocenters. The van der Waals surface area contributed by atoms with Gasteiger partial charge in [0.25, 0.3) is 0 Å². The van der Waals surface area contributed by atoms with Gasteiger partial charge in [-0.25, -0.2) is 5.06 Å². The first kappa shape index (κ1) is 13.5. The maximum absolute atomic E-state index is 11.7. The summed E-state index contributed by atoms with van der Waals surface area (Å²) in [6.07, 6.45) is 5.62. The number of hydrogen-bond acceptors (Lipinski definition) is 2. The Labute approximate surface area is 99.1 Å². The van der Waals surface area contributed by atoms with E-state index in [0.717, 1.165) is 11.8 Å². The number of hydrogen-bond donors (Lipinski definition) is 0. The van der Waals surface area contributed by atoms with Gasteiger partial charge in [-0.05, 0) is 43.4 Å². The largest absolute Gasteiger partial charge is 0.275 e. The fourth-order valence-corrected chi connectivity index (χ4v) is 2.54. The second-order valence-electron chi connectivity index (χ2n) is 5.30. The Hall–Kier alpha value is -0.570. The summed E-state index contributed by atoms with van der Waals surface area (Å²) in [5.74, 6) is 2.33. The smallest absolute Gasteiger partial charge is 0.246 e. The van der Waals surface area contributed by atoms with E-state index in [4.69, 9.17) is 4.84 Å². The van der Waals surface area contributed by atoms with E-state index in [1.54, 1.807) is 7.05 Å². The van der Waals surface area contributed by atoms with Crippen LogP contribution in [-0.4, -0.2) is 25.1 Å². The highest BCUT2D eigenvalue weighted by Gasteiger charge is 2.25. The number of carbonyl (C=O) groups is 1. The molecule has 0 N–H and O–H groups in total. The first-order valence-corrected chi connectivity index (χ1v) is 6.35. The minimum Gasteiger partial charge on any atom is -0.275 e. The zero-order chi connectivity index (χ0) is 12.1. The van der Waals surface area contributed by atoms with Gasteiger partial charge in [0.1, 0.15) is 0 Å². The molecule has 0 saturated heterocycles. The predicted octanol–water partition coefficient (Wildman–Crippen LogP) is 2.86. The molecule has 16 heavy (non-hydrogen) atoms. The maximum atomic E-state index is 11.7. The van der Waals surface area contributed by atoms with Crippen LogP contribution in [0.3, 0.4) is 0 Å². The fourth-order valence-electron chi connectivity index (χ4n) is 2.54. The van der Waals surface area contributed by atoms with Crippen LogP contribution in [0.4, 0.5) is 0 Å². The van der Waals surface area contributed by atoms with Gasteiger partial charge in [-0.1, -0.05) is 13.8 Å². The van der Waals surface area contributed by atoms with Crippen molar-refractivity contribution in [2.24, 2.45) is 17.8 Å². The van der Waals surface area contributed by atoms with Crippen molar-refractivity contribution in [2.75, 3.05) is 14.2 Å². The summed E-state index contributed by atoms with van der Waals surface area (Å²) in [7, 11) is 3.22. The molecule has 0 heterocycles. The lowest BCUT2D eigenvalue weighted by atomic mass is 9.76. The minimum absolute atomic E-state index is 0.107. The normalized spacial score (nSPS) is 25.8. The summed E-state index contributed by atoms with van der Waals surface area (Å²) in [6, 6.07) is 0. The number of amides is 1. The van der Waals surface area contributed by atoms with Gasteiger partial charge in [0, 0.05) is 13.5 Å². The third kappa shape index (κ3) is 3.78. The van der Waals surface area contributed by atoms with E-state index in [-0.39, 0.29) is 5.91 Å². The topological polar surface area (TPSA) is 29.5 Å². The lowest BCUT2D eigenvalue weighted by Gasteiger charge is -2.31. The molecular weight excluding hydrogens is 202 g/mol. The monoisotopic (exact) mass is 227 g/mol. The van der Waals surface area contributed by atoms with Gasteiger partial charge in [-0.3, -0.25) is 9.63 Å². The van der Waals surface area contributed by atoms with Crippen molar-refractivity contribution in [3.63, 3.8) is 0 Å². The van der Waals surface area contributed by atoms with Crippen LogP contribution < -0.4 is 0 Å². The van der Waals surface area contributed by atoms with E-state index in [2.05, 4.69) is 13.8 Å². The number of hydroxylamine groups is 2. The third-order valence-corrected chi connectivity index (χ3v) is 3.92. The van der Waals surface area contributed by atoms with E-state index < -0.39 is 0 Å². The second kappa shape index (κ2) is 6.24. The average Bonchev–Trinajstić information content (AvgIpc) is 2.28. The molecule has 1 rings (SSSR count). The molecule has 1 amide bonds. The second-order valence-corrected chi connectivity index (χ2v) is 5.30. The fraction of sp³-hybridized carbons (Fsp3) is 0.923. The molecule has 94 valence electrons. The highest BCUT2D eigenvalue weighted by atomic mass is 16.7. The number of carbonyl (C=O) groups excluding carboxylic acids is 1. The molecule has 0 aromatic heterocycles. The Morgan fingerprint density at radius 2 is 1.88 bits per heavy atom. The van der Waals surface area contributed by atoms with Crippen molar-refractivity contribution in [1.29, 1.82) is 0 Å². The number of nitrogens with zero attached hydrogens (tertiary/aromatic N) is 1. The van der Waals surface area contributed by atoms with Crippen LogP contribution in [0.2, 0.25) is 0 Å². The summed E-state index contributed by atoms with van der Waals surface area (Å²) in [6.45, 7) is 4.60. The highest BCUT2D eigenvalue weighted by Crippen LogP contribution is 2.34. The van der Waals surface area contributed by atoms with Crippen molar-refractivity contribution >= 4 is 5.91 Å². The van der Waals surface area contributed by atoms with Crippen molar-refractivity contribution in [1.82, 2.24) is 5.06 Å². The Balaban J connectivity index is 2.29. The van der Waals surface area contributed by atoms with E-state index in [0.29, 0.717) is 12.3 Å². The SMILES string of the molecule is CON(C)C(=O)CC1CCC(C(C)C)CC1. The van der Waals surface area contributed by atoms with Gasteiger partial charge in [0.05, 0.1) is 7.11 Å². The molecule has 3 nitrogen and oxygen atoms in total. The zero-order valence-corrected chi connectivity index (χ0v) is 11.0. The van der Waals surface area contributed by atoms with Gasteiger partial charge < -0.3 is 0 Å². The van der Waals surface area contributed by atoms with E-state index in [9.17, 15) is 4.79 Å². The van der Waals surface area contributed by atoms with Gasteiger partial charge in [0.15, 0.2) is 0 Å².